The lowest BCUT2D eigenvalue weighted by molar-refractivity contribution is -0.284. The van der Waals surface area contributed by atoms with Gasteiger partial charge >= 0.3 is 18.1 Å². The van der Waals surface area contributed by atoms with Gasteiger partial charge < -0.3 is 4.74 Å². The maximum Gasteiger partial charge on any atom is 0.453 e. The average Bonchev–Trinajstić information content (AvgIpc) is 2.45. The molecule has 0 aliphatic heterocycles. The van der Waals surface area contributed by atoms with Crippen LogP contribution in [0.5, 0.6) is 0 Å². The van der Waals surface area contributed by atoms with Crippen LogP contribution in [0.1, 0.15) is 58.8 Å². The first-order chi connectivity index (χ1) is 10.7. The van der Waals surface area contributed by atoms with Crippen LogP contribution in [0.2, 0.25) is 0 Å². The van der Waals surface area contributed by atoms with E-state index in [1.807, 2.05) is 13.8 Å². The molecule has 0 radical (unpaired) electrons. The zero-order valence-electron chi connectivity index (χ0n) is 13.6. The smallest absolute Gasteiger partial charge is 0.453 e. The Labute approximate surface area is 138 Å². The Kier molecular flexibility index (Phi) is 10.8. The summed E-state index contributed by atoms with van der Waals surface area (Å²) in [4.78, 5) is 11.8. The third-order valence-electron chi connectivity index (χ3n) is 3.13. The van der Waals surface area contributed by atoms with Gasteiger partial charge in [0, 0.05) is 6.42 Å². The largest absolute Gasteiger partial charge is 0.465 e. The summed E-state index contributed by atoms with van der Waals surface area (Å²) in [6, 6.07) is 0. The van der Waals surface area contributed by atoms with E-state index in [-0.39, 0.29) is 24.1 Å². The summed E-state index contributed by atoms with van der Waals surface area (Å²) < 4.78 is 66.4. The molecule has 0 amide bonds. The van der Waals surface area contributed by atoms with Gasteiger partial charge in [-0.2, -0.15) is 22.0 Å². The minimum absolute atomic E-state index is 0.189. The van der Waals surface area contributed by atoms with Gasteiger partial charge in [-0.3, -0.25) is 4.79 Å². The van der Waals surface area contributed by atoms with E-state index < -0.39 is 18.5 Å². The summed E-state index contributed by atoms with van der Waals surface area (Å²) in [6.07, 6.45) is -3.85. The van der Waals surface area contributed by atoms with Crippen LogP contribution in [0, 0.1) is 0 Å². The first kappa shape index (κ1) is 22.5. The highest BCUT2D eigenvalue weighted by Crippen LogP contribution is 2.39. The fraction of sp³-hybridized carbons (Fsp3) is 0.933. The Bertz CT molecular complexity index is 334. The highest BCUT2D eigenvalue weighted by atomic mass is 32.2. The first-order valence-corrected chi connectivity index (χ1v) is 8.93. The van der Waals surface area contributed by atoms with E-state index >= 15 is 0 Å². The Morgan fingerprint density at radius 2 is 1.70 bits per heavy atom. The van der Waals surface area contributed by atoms with Crippen LogP contribution in [-0.4, -0.2) is 35.7 Å². The molecule has 0 aromatic heterocycles. The van der Waals surface area contributed by atoms with Crippen molar-refractivity contribution in [3.63, 3.8) is 0 Å². The number of carbonyl (C=O) groups is 1. The fourth-order valence-electron chi connectivity index (χ4n) is 1.82. The van der Waals surface area contributed by atoms with E-state index in [0.29, 0.717) is 25.2 Å². The maximum atomic E-state index is 12.7. The lowest BCUT2D eigenvalue weighted by Crippen LogP contribution is -2.36. The van der Waals surface area contributed by atoms with Crippen molar-refractivity contribution >= 4 is 17.7 Å². The third-order valence-corrected chi connectivity index (χ3v) is 4.49. The SMILES string of the molecule is CCCOC(=O)C(CCC)SCCCCCC(F)(F)C(F)(F)F. The number of carbonyl (C=O) groups excluding carboxylic acids is 1. The molecule has 2 nitrogen and oxygen atoms in total. The van der Waals surface area contributed by atoms with Crippen molar-refractivity contribution in [3.8, 4) is 0 Å². The van der Waals surface area contributed by atoms with Crippen LogP contribution in [-0.2, 0) is 9.53 Å². The summed E-state index contributed by atoms with van der Waals surface area (Å²) >= 11 is 1.38. The average molecular weight is 364 g/mol. The Morgan fingerprint density at radius 1 is 1.04 bits per heavy atom. The number of unbranched alkanes of at least 4 members (excludes halogenated alkanes) is 2. The zero-order valence-corrected chi connectivity index (χ0v) is 14.4. The van der Waals surface area contributed by atoms with Crippen molar-refractivity contribution < 1.29 is 31.5 Å². The Balaban J connectivity index is 3.97. The van der Waals surface area contributed by atoms with Crippen molar-refractivity contribution in [2.45, 2.75) is 76.1 Å². The molecule has 0 aromatic carbocycles. The third kappa shape index (κ3) is 9.37. The number of rotatable bonds is 12. The highest BCUT2D eigenvalue weighted by Gasteiger charge is 2.56. The summed E-state index contributed by atoms with van der Waals surface area (Å²) in [5.41, 5.74) is 0. The van der Waals surface area contributed by atoms with Gasteiger partial charge in [0.05, 0.1) is 6.61 Å². The first-order valence-electron chi connectivity index (χ1n) is 7.88. The Hall–Kier alpha value is -0.530. The minimum atomic E-state index is -5.48. The van der Waals surface area contributed by atoms with E-state index in [0.717, 1.165) is 12.8 Å². The number of halogens is 5. The Morgan fingerprint density at radius 3 is 2.22 bits per heavy atom. The van der Waals surface area contributed by atoms with E-state index in [2.05, 4.69) is 0 Å². The predicted octanol–water partition coefficient (Wildman–Crippen LogP) is 5.60. The van der Waals surface area contributed by atoms with Gasteiger partial charge in [-0.15, -0.1) is 11.8 Å². The van der Waals surface area contributed by atoms with Crippen LogP contribution in [0.4, 0.5) is 22.0 Å². The van der Waals surface area contributed by atoms with Gasteiger partial charge in [-0.05, 0) is 31.4 Å². The minimum Gasteiger partial charge on any atom is -0.465 e. The molecule has 138 valence electrons. The predicted molar refractivity (Wildman–Crippen MR) is 81.9 cm³/mol. The molecule has 0 fully saturated rings. The molecule has 0 aliphatic rings. The van der Waals surface area contributed by atoms with E-state index in [9.17, 15) is 26.7 Å². The molecule has 1 unspecified atom stereocenters. The van der Waals surface area contributed by atoms with Gasteiger partial charge in [0.2, 0.25) is 0 Å². The number of ether oxygens (including phenoxy) is 1. The second-order valence-electron chi connectivity index (χ2n) is 5.33. The number of hydrogen-bond acceptors (Lipinski definition) is 3. The molecule has 0 rings (SSSR count). The molecule has 0 heterocycles. The standard InChI is InChI=1S/C15H25F5O2S/c1-3-8-12(13(21)22-10-4-2)23-11-7-5-6-9-14(16,17)15(18,19)20/h12H,3-11H2,1-2H3. The number of alkyl halides is 5. The molecular weight excluding hydrogens is 339 g/mol. The fourth-order valence-corrected chi connectivity index (χ4v) is 3.08. The van der Waals surface area contributed by atoms with Crippen molar-refractivity contribution in [1.82, 2.24) is 0 Å². The molecule has 1 atom stereocenters. The van der Waals surface area contributed by atoms with Crippen LogP contribution in [0.25, 0.3) is 0 Å². The number of thioether (sulfide) groups is 1. The van der Waals surface area contributed by atoms with Crippen LogP contribution in [0.15, 0.2) is 0 Å². The molecule has 0 bridgehead atoms. The zero-order chi connectivity index (χ0) is 17.9. The van der Waals surface area contributed by atoms with Crippen molar-refractivity contribution in [1.29, 1.82) is 0 Å². The normalized spacial score (nSPS) is 13.9. The van der Waals surface area contributed by atoms with E-state index in [1.54, 1.807) is 0 Å². The van der Waals surface area contributed by atoms with E-state index in [4.69, 9.17) is 4.74 Å². The topological polar surface area (TPSA) is 26.3 Å². The lowest BCUT2D eigenvalue weighted by Gasteiger charge is -2.19. The molecule has 0 N–H and O–H groups in total. The molecule has 0 saturated heterocycles. The molecule has 0 spiro atoms. The lowest BCUT2D eigenvalue weighted by atomic mass is 10.1. The second kappa shape index (κ2) is 11.1. The highest BCUT2D eigenvalue weighted by molar-refractivity contribution is 8.00. The number of hydrogen-bond donors (Lipinski definition) is 0. The quantitative estimate of drug-likeness (QED) is 0.256. The van der Waals surface area contributed by atoms with Gasteiger partial charge in [-0.1, -0.05) is 26.7 Å². The van der Waals surface area contributed by atoms with Gasteiger partial charge in [-0.25, -0.2) is 0 Å². The van der Waals surface area contributed by atoms with Crippen molar-refractivity contribution in [2.75, 3.05) is 12.4 Å². The maximum absolute atomic E-state index is 12.7. The number of esters is 1. The second-order valence-corrected chi connectivity index (χ2v) is 6.64. The summed E-state index contributed by atoms with van der Waals surface area (Å²) in [6.45, 7) is 4.21. The van der Waals surface area contributed by atoms with Gasteiger partial charge in [0.1, 0.15) is 5.25 Å². The van der Waals surface area contributed by atoms with E-state index in [1.165, 1.54) is 11.8 Å². The molecule has 8 heteroatoms. The van der Waals surface area contributed by atoms with Crippen LogP contribution >= 0.6 is 11.8 Å². The summed E-state index contributed by atoms with van der Waals surface area (Å²) in [7, 11) is 0. The van der Waals surface area contributed by atoms with Crippen LogP contribution < -0.4 is 0 Å². The van der Waals surface area contributed by atoms with Crippen LogP contribution in [0.3, 0.4) is 0 Å². The molecule has 0 aromatic rings. The van der Waals surface area contributed by atoms with Gasteiger partial charge in [0.15, 0.2) is 0 Å². The van der Waals surface area contributed by atoms with Crippen molar-refractivity contribution in [2.24, 2.45) is 0 Å². The molecule has 0 saturated carbocycles. The monoisotopic (exact) mass is 364 g/mol. The molecular formula is C15H25F5O2S. The molecule has 0 aliphatic carbocycles. The van der Waals surface area contributed by atoms with Crippen molar-refractivity contribution in [3.05, 3.63) is 0 Å². The summed E-state index contributed by atoms with van der Waals surface area (Å²) in [5.74, 6) is -4.35. The summed E-state index contributed by atoms with van der Waals surface area (Å²) in [5, 5.41) is -0.289. The van der Waals surface area contributed by atoms with Gasteiger partial charge in [0.25, 0.3) is 0 Å². The molecule has 23 heavy (non-hydrogen) atoms.